The number of benzene rings is 1. The van der Waals surface area contributed by atoms with Crippen LogP contribution in [0.1, 0.15) is 31.0 Å². The van der Waals surface area contributed by atoms with Crippen LogP contribution in [0.2, 0.25) is 0 Å². The Kier molecular flexibility index (Phi) is 5.13. The second kappa shape index (κ2) is 7.28. The summed E-state index contributed by atoms with van der Waals surface area (Å²) in [6.07, 6.45) is 6.41. The minimum Gasteiger partial charge on any atom is -0.383 e. The van der Waals surface area contributed by atoms with Crippen LogP contribution in [-0.2, 0) is 23.2 Å². The molecule has 1 unspecified atom stereocenters. The second-order valence-electron chi connectivity index (χ2n) is 6.81. The molecular weight excluding hydrogens is 286 g/mol. The van der Waals surface area contributed by atoms with E-state index in [4.69, 9.17) is 4.74 Å². The molecule has 0 radical (unpaired) electrons. The van der Waals surface area contributed by atoms with Crippen molar-refractivity contribution in [1.82, 2.24) is 14.5 Å². The summed E-state index contributed by atoms with van der Waals surface area (Å²) in [5.74, 6) is 0. The van der Waals surface area contributed by atoms with Gasteiger partial charge >= 0.3 is 0 Å². The Balaban J connectivity index is 1.69. The highest BCUT2D eigenvalue weighted by atomic mass is 16.5. The predicted octanol–water partition coefficient (Wildman–Crippen LogP) is 3.08. The molecule has 2 aromatic rings. The van der Waals surface area contributed by atoms with E-state index in [1.165, 1.54) is 24.1 Å². The zero-order valence-corrected chi connectivity index (χ0v) is 14.2. The van der Waals surface area contributed by atoms with Gasteiger partial charge in [-0.1, -0.05) is 37.3 Å². The number of piperidine rings is 1. The van der Waals surface area contributed by atoms with Crippen LogP contribution in [0.3, 0.4) is 0 Å². The molecule has 0 aliphatic carbocycles. The molecule has 1 saturated heterocycles. The third-order valence-corrected chi connectivity index (χ3v) is 4.97. The van der Waals surface area contributed by atoms with Crippen molar-refractivity contribution >= 4 is 0 Å². The van der Waals surface area contributed by atoms with Crippen molar-refractivity contribution in [3.8, 4) is 0 Å². The lowest BCUT2D eigenvalue weighted by Crippen LogP contribution is -2.44. The number of methoxy groups -OCH3 is 1. The van der Waals surface area contributed by atoms with E-state index >= 15 is 0 Å². The fraction of sp³-hybridized carbons (Fsp3) is 0.526. The molecule has 4 heteroatoms. The number of ether oxygens (including phenoxy) is 1. The van der Waals surface area contributed by atoms with Gasteiger partial charge in [0.25, 0.3) is 0 Å². The maximum absolute atomic E-state index is 5.19. The molecule has 1 aromatic carbocycles. The topological polar surface area (TPSA) is 30.3 Å². The van der Waals surface area contributed by atoms with E-state index in [0.717, 1.165) is 32.8 Å². The first-order chi connectivity index (χ1) is 11.2. The number of rotatable bonds is 6. The van der Waals surface area contributed by atoms with E-state index in [2.05, 4.69) is 51.7 Å². The molecule has 0 amide bonds. The van der Waals surface area contributed by atoms with E-state index in [1.54, 1.807) is 7.11 Å². The van der Waals surface area contributed by atoms with Gasteiger partial charge in [0, 0.05) is 38.4 Å². The van der Waals surface area contributed by atoms with Crippen LogP contribution >= 0.6 is 0 Å². The van der Waals surface area contributed by atoms with E-state index in [0.29, 0.717) is 0 Å². The molecule has 124 valence electrons. The van der Waals surface area contributed by atoms with Gasteiger partial charge in [0.1, 0.15) is 0 Å². The summed E-state index contributed by atoms with van der Waals surface area (Å²) in [4.78, 5) is 6.88. The summed E-state index contributed by atoms with van der Waals surface area (Å²) in [6.45, 7) is 7.23. The minimum atomic E-state index is 0.247. The minimum absolute atomic E-state index is 0.247. The van der Waals surface area contributed by atoms with Crippen LogP contribution in [0.5, 0.6) is 0 Å². The van der Waals surface area contributed by atoms with Crippen molar-refractivity contribution < 1.29 is 4.74 Å². The Morgan fingerprint density at radius 3 is 2.87 bits per heavy atom. The van der Waals surface area contributed by atoms with Crippen LogP contribution in [0.25, 0.3) is 0 Å². The van der Waals surface area contributed by atoms with Crippen LogP contribution in [0.4, 0.5) is 0 Å². The molecule has 0 N–H and O–H groups in total. The highest BCUT2D eigenvalue weighted by Crippen LogP contribution is 2.34. The molecule has 0 spiro atoms. The summed E-state index contributed by atoms with van der Waals surface area (Å²) in [5, 5.41) is 0. The van der Waals surface area contributed by atoms with Crippen LogP contribution in [-0.4, -0.2) is 41.3 Å². The smallest absolute Gasteiger partial charge is 0.0949 e. The number of hydrogen-bond acceptors (Lipinski definition) is 3. The first-order valence-electron chi connectivity index (χ1n) is 8.47. The molecular formula is C19H27N3O. The summed E-state index contributed by atoms with van der Waals surface area (Å²) in [5.41, 5.74) is 2.98. The fourth-order valence-corrected chi connectivity index (χ4v) is 3.66. The zero-order valence-electron chi connectivity index (χ0n) is 14.2. The maximum Gasteiger partial charge on any atom is 0.0949 e. The number of aromatic nitrogens is 2. The zero-order chi connectivity index (χ0) is 16.1. The molecule has 2 heterocycles. The number of nitrogens with zero attached hydrogens (tertiary/aromatic N) is 3. The van der Waals surface area contributed by atoms with Gasteiger partial charge in [-0.25, -0.2) is 4.98 Å². The van der Waals surface area contributed by atoms with Crippen LogP contribution in [0.15, 0.2) is 42.9 Å². The van der Waals surface area contributed by atoms with Gasteiger partial charge in [0.15, 0.2) is 0 Å². The van der Waals surface area contributed by atoms with Crippen LogP contribution < -0.4 is 0 Å². The number of likely N-dealkylation sites (tertiary alicyclic amines) is 1. The van der Waals surface area contributed by atoms with Gasteiger partial charge in [-0.05, 0) is 24.9 Å². The lowest BCUT2D eigenvalue weighted by atomic mass is 9.76. The highest BCUT2D eigenvalue weighted by molar-refractivity contribution is 5.25. The van der Waals surface area contributed by atoms with Gasteiger partial charge in [-0.15, -0.1) is 0 Å². The lowest BCUT2D eigenvalue weighted by Gasteiger charge is -2.41. The second-order valence-corrected chi connectivity index (χ2v) is 6.81. The summed E-state index contributed by atoms with van der Waals surface area (Å²) in [6, 6.07) is 10.9. The van der Waals surface area contributed by atoms with Crippen molar-refractivity contribution in [1.29, 1.82) is 0 Å². The van der Waals surface area contributed by atoms with Crippen molar-refractivity contribution in [3.63, 3.8) is 0 Å². The first-order valence-corrected chi connectivity index (χ1v) is 8.47. The SMILES string of the molecule is COCCn1cncc1CN1CCCC(C)(c2ccccc2)C1. The maximum atomic E-state index is 5.19. The lowest BCUT2D eigenvalue weighted by molar-refractivity contribution is 0.144. The van der Waals surface area contributed by atoms with Crippen LogP contribution in [0, 0.1) is 0 Å². The molecule has 0 saturated carbocycles. The molecule has 1 aliphatic heterocycles. The quantitative estimate of drug-likeness (QED) is 0.821. The van der Waals surface area contributed by atoms with Gasteiger partial charge in [0.2, 0.25) is 0 Å². The normalized spacial score (nSPS) is 22.3. The molecule has 1 fully saturated rings. The summed E-state index contributed by atoms with van der Waals surface area (Å²) in [7, 11) is 1.74. The third-order valence-electron chi connectivity index (χ3n) is 4.97. The van der Waals surface area contributed by atoms with Crippen molar-refractivity contribution in [2.75, 3.05) is 26.8 Å². The van der Waals surface area contributed by atoms with Gasteiger partial charge in [-0.2, -0.15) is 0 Å². The van der Waals surface area contributed by atoms with Crippen molar-refractivity contribution in [3.05, 3.63) is 54.1 Å². The standard InChI is InChI=1S/C19H27N3O/c1-19(17-7-4-3-5-8-17)9-6-10-21(15-19)14-18-13-20-16-22(18)11-12-23-2/h3-5,7-8,13,16H,6,9-12,14-15H2,1-2H3. The van der Waals surface area contributed by atoms with Gasteiger partial charge in [-0.3, -0.25) is 4.90 Å². The molecule has 1 atom stereocenters. The van der Waals surface area contributed by atoms with Gasteiger partial charge in [0.05, 0.1) is 18.6 Å². The van der Waals surface area contributed by atoms with E-state index in [1.807, 2.05) is 12.5 Å². The molecule has 0 bridgehead atoms. The Labute approximate surface area is 139 Å². The van der Waals surface area contributed by atoms with E-state index in [9.17, 15) is 0 Å². The average Bonchev–Trinajstić information content (AvgIpc) is 3.01. The Hall–Kier alpha value is -1.65. The Morgan fingerprint density at radius 2 is 2.09 bits per heavy atom. The Morgan fingerprint density at radius 1 is 1.26 bits per heavy atom. The van der Waals surface area contributed by atoms with E-state index < -0.39 is 0 Å². The summed E-state index contributed by atoms with van der Waals surface area (Å²) < 4.78 is 7.40. The van der Waals surface area contributed by atoms with Crippen molar-refractivity contribution in [2.45, 2.75) is 38.3 Å². The molecule has 23 heavy (non-hydrogen) atoms. The molecule has 1 aromatic heterocycles. The molecule has 3 rings (SSSR count). The summed E-state index contributed by atoms with van der Waals surface area (Å²) >= 11 is 0. The van der Waals surface area contributed by atoms with Gasteiger partial charge < -0.3 is 9.30 Å². The fourth-order valence-electron chi connectivity index (χ4n) is 3.66. The third kappa shape index (κ3) is 3.82. The van der Waals surface area contributed by atoms with E-state index in [-0.39, 0.29) is 5.41 Å². The predicted molar refractivity (Wildman–Crippen MR) is 92.4 cm³/mol. The Bertz CT molecular complexity index is 610. The number of hydrogen-bond donors (Lipinski definition) is 0. The average molecular weight is 313 g/mol. The largest absolute Gasteiger partial charge is 0.383 e. The number of imidazole rings is 1. The molecule has 4 nitrogen and oxygen atoms in total. The first kappa shape index (κ1) is 16.2. The highest BCUT2D eigenvalue weighted by Gasteiger charge is 2.32. The molecule has 1 aliphatic rings. The monoisotopic (exact) mass is 313 g/mol. The van der Waals surface area contributed by atoms with Crippen molar-refractivity contribution in [2.24, 2.45) is 0 Å².